The molecule has 0 atom stereocenters. The van der Waals surface area contributed by atoms with Gasteiger partial charge in [0.25, 0.3) is 0 Å². The van der Waals surface area contributed by atoms with E-state index < -0.39 is 0 Å². The summed E-state index contributed by atoms with van der Waals surface area (Å²) in [5.74, 6) is -0.808. The van der Waals surface area contributed by atoms with Gasteiger partial charge in [0, 0.05) is 17.8 Å². The van der Waals surface area contributed by atoms with Gasteiger partial charge >= 0.3 is 5.97 Å². The number of esters is 1. The molecule has 1 heterocycles. The molecule has 0 unspecified atom stereocenters. The first-order chi connectivity index (χ1) is 12.5. The predicted molar refractivity (Wildman–Crippen MR) is 99.9 cm³/mol. The Morgan fingerprint density at radius 1 is 1.27 bits per heavy atom. The van der Waals surface area contributed by atoms with Crippen LogP contribution >= 0.6 is 11.3 Å². The summed E-state index contributed by atoms with van der Waals surface area (Å²) < 4.78 is 4.88. The van der Waals surface area contributed by atoms with E-state index in [1.165, 1.54) is 11.3 Å². The van der Waals surface area contributed by atoms with Gasteiger partial charge in [-0.3, -0.25) is 14.4 Å². The first-order valence-electron chi connectivity index (χ1n) is 9.16. The number of carbonyl (C=O) groups is 3. The molecule has 1 saturated carbocycles. The van der Waals surface area contributed by atoms with Crippen molar-refractivity contribution < 1.29 is 19.1 Å². The van der Waals surface area contributed by atoms with Crippen molar-refractivity contribution in [3.8, 4) is 0 Å². The van der Waals surface area contributed by atoms with E-state index >= 15 is 0 Å². The Bertz CT molecular complexity index is 626. The molecule has 8 heteroatoms. The Labute approximate surface area is 158 Å². The number of ether oxygens (including phenoxy) is 1. The van der Waals surface area contributed by atoms with Crippen LogP contribution in [-0.2, 0) is 19.1 Å². The van der Waals surface area contributed by atoms with E-state index in [0.717, 1.165) is 37.8 Å². The minimum absolute atomic E-state index is 0.00898. The van der Waals surface area contributed by atoms with Gasteiger partial charge in [-0.05, 0) is 26.7 Å². The Morgan fingerprint density at radius 2 is 2.00 bits per heavy atom. The van der Waals surface area contributed by atoms with Crippen LogP contribution in [0, 0.1) is 6.92 Å². The lowest BCUT2D eigenvalue weighted by Crippen LogP contribution is -2.45. The summed E-state index contributed by atoms with van der Waals surface area (Å²) >= 11 is 1.36. The van der Waals surface area contributed by atoms with Gasteiger partial charge in [-0.25, -0.2) is 4.98 Å². The maximum atomic E-state index is 12.7. The highest BCUT2D eigenvalue weighted by Gasteiger charge is 2.27. The summed E-state index contributed by atoms with van der Waals surface area (Å²) in [6.07, 6.45) is 5.18. The van der Waals surface area contributed by atoms with Crippen molar-refractivity contribution in [3.63, 3.8) is 0 Å². The number of nitrogens with zero attached hydrogens (tertiary/aromatic N) is 2. The standard InChI is InChI=1S/C18H27N3O4S/c1-3-25-17(24)10-9-16(23)21(14-7-5-4-6-8-14)11-15(22)20-18-19-13(2)12-26-18/h12,14H,3-11H2,1-2H3,(H,19,20,22). The van der Waals surface area contributed by atoms with Gasteiger partial charge in [-0.1, -0.05) is 19.3 Å². The van der Waals surface area contributed by atoms with Crippen LogP contribution in [0.15, 0.2) is 5.38 Å². The van der Waals surface area contributed by atoms with Crippen molar-refractivity contribution >= 4 is 34.3 Å². The van der Waals surface area contributed by atoms with E-state index in [4.69, 9.17) is 4.74 Å². The number of amides is 2. The molecule has 0 spiro atoms. The maximum Gasteiger partial charge on any atom is 0.306 e. The predicted octanol–water partition coefficient (Wildman–Crippen LogP) is 2.89. The lowest BCUT2D eigenvalue weighted by molar-refractivity contribution is -0.146. The third kappa shape index (κ3) is 6.40. The largest absolute Gasteiger partial charge is 0.466 e. The van der Waals surface area contributed by atoms with E-state index in [-0.39, 0.29) is 43.2 Å². The van der Waals surface area contributed by atoms with Crippen molar-refractivity contribution in [1.29, 1.82) is 0 Å². The second kappa shape index (κ2) is 10.3. The number of rotatable bonds is 8. The zero-order valence-electron chi connectivity index (χ0n) is 15.5. The molecule has 1 aromatic heterocycles. The summed E-state index contributed by atoms with van der Waals surface area (Å²) in [5, 5.41) is 5.15. The summed E-state index contributed by atoms with van der Waals surface area (Å²) in [6, 6.07) is 0.0576. The van der Waals surface area contributed by atoms with E-state index in [1.807, 2.05) is 12.3 Å². The third-order valence-electron chi connectivity index (χ3n) is 4.36. The smallest absolute Gasteiger partial charge is 0.306 e. The van der Waals surface area contributed by atoms with Crippen LogP contribution in [-0.4, -0.2) is 46.9 Å². The van der Waals surface area contributed by atoms with Crippen LogP contribution in [0.4, 0.5) is 5.13 Å². The highest BCUT2D eigenvalue weighted by atomic mass is 32.1. The molecule has 0 bridgehead atoms. The second-order valence-electron chi connectivity index (χ2n) is 6.46. The number of carbonyl (C=O) groups excluding carboxylic acids is 3. The van der Waals surface area contributed by atoms with Crippen molar-refractivity contribution in [3.05, 3.63) is 11.1 Å². The molecule has 1 aromatic rings. The fraction of sp³-hybridized carbons (Fsp3) is 0.667. The zero-order chi connectivity index (χ0) is 18.9. The number of anilines is 1. The minimum atomic E-state index is -0.382. The fourth-order valence-electron chi connectivity index (χ4n) is 3.12. The highest BCUT2D eigenvalue weighted by molar-refractivity contribution is 7.13. The molecule has 1 aliphatic rings. The normalized spacial score (nSPS) is 14.7. The van der Waals surface area contributed by atoms with E-state index in [9.17, 15) is 14.4 Å². The topological polar surface area (TPSA) is 88.6 Å². The SMILES string of the molecule is CCOC(=O)CCC(=O)N(CC(=O)Nc1nc(C)cs1)C1CCCCC1. The van der Waals surface area contributed by atoms with Crippen molar-refractivity contribution in [1.82, 2.24) is 9.88 Å². The molecule has 1 N–H and O–H groups in total. The zero-order valence-corrected chi connectivity index (χ0v) is 16.3. The van der Waals surface area contributed by atoms with Gasteiger partial charge in [0.05, 0.1) is 18.7 Å². The van der Waals surface area contributed by atoms with Gasteiger partial charge in [-0.15, -0.1) is 11.3 Å². The maximum absolute atomic E-state index is 12.7. The highest BCUT2D eigenvalue weighted by Crippen LogP contribution is 2.24. The number of thiazole rings is 1. The van der Waals surface area contributed by atoms with Crippen molar-refractivity contribution in [2.75, 3.05) is 18.5 Å². The first kappa shape index (κ1) is 20.4. The molecule has 26 heavy (non-hydrogen) atoms. The van der Waals surface area contributed by atoms with Crippen LogP contribution in [0.25, 0.3) is 0 Å². The van der Waals surface area contributed by atoms with Crippen LogP contribution in [0.1, 0.15) is 57.6 Å². The van der Waals surface area contributed by atoms with E-state index in [1.54, 1.807) is 11.8 Å². The number of nitrogens with one attached hydrogen (secondary N) is 1. The summed E-state index contributed by atoms with van der Waals surface area (Å²) in [4.78, 5) is 42.4. The minimum Gasteiger partial charge on any atom is -0.466 e. The third-order valence-corrected chi connectivity index (χ3v) is 5.24. The molecule has 0 aliphatic heterocycles. The van der Waals surface area contributed by atoms with Crippen LogP contribution < -0.4 is 5.32 Å². The molecule has 7 nitrogen and oxygen atoms in total. The molecule has 2 amide bonds. The van der Waals surface area contributed by atoms with Gasteiger partial charge < -0.3 is 15.0 Å². The Balaban J connectivity index is 1.96. The first-order valence-corrected chi connectivity index (χ1v) is 10.0. The molecular weight excluding hydrogens is 354 g/mol. The molecule has 144 valence electrons. The van der Waals surface area contributed by atoms with Gasteiger partial charge in [0.2, 0.25) is 11.8 Å². The van der Waals surface area contributed by atoms with E-state index in [0.29, 0.717) is 11.7 Å². The Morgan fingerprint density at radius 3 is 2.62 bits per heavy atom. The van der Waals surface area contributed by atoms with Crippen LogP contribution in [0.3, 0.4) is 0 Å². The monoisotopic (exact) mass is 381 g/mol. The van der Waals surface area contributed by atoms with Crippen LogP contribution in [0.2, 0.25) is 0 Å². The number of hydrogen-bond acceptors (Lipinski definition) is 6. The van der Waals surface area contributed by atoms with Gasteiger partial charge in [0.15, 0.2) is 5.13 Å². The lowest BCUT2D eigenvalue weighted by Gasteiger charge is -2.34. The molecule has 0 aromatic carbocycles. The average Bonchev–Trinajstić information content (AvgIpc) is 3.03. The summed E-state index contributed by atoms with van der Waals surface area (Å²) in [5.41, 5.74) is 0.847. The molecule has 0 saturated heterocycles. The fourth-order valence-corrected chi connectivity index (χ4v) is 3.83. The van der Waals surface area contributed by atoms with E-state index in [2.05, 4.69) is 10.3 Å². The number of aryl methyl sites for hydroxylation is 1. The number of hydrogen-bond donors (Lipinski definition) is 1. The molecule has 2 rings (SSSR count). The van der Waals surface area contributed by atoms with Crippen molar-refractivity contribution in [2.24, 2.45) is 0 Å². The molecule has 1 fully saturated rings. The quantitative estimate of drug-likeness (QED) is 0.700. The molecule has 1 aliphatic carbocycles. The average molecular weight is 381 g/mol. The van der Waals surface area contributed by atoms with Gasteiger partial charge in [0.1, 0.15) is 6.54 Å². The molecular formula is C18H27N3O4S. The second-order valence-corrected chi connectivity index (χ2v) is 7.32. The van der Waals surface area contributed by atoms with Gasteiger partial charge in [-0.2, -0.15) is 0 Å². The van der Waals surface area contributed by atoms with Crippen LogP contribution in [0.5, 0.6) is 0 Å². The summed E-state index contributed by atoms with van der Waals surface area (Å²) in [7, 11) is 0. The summed E-state index contributed by atoms with van der Waals surface area (Å²) in [6.45, 7) is 3.89. The Kier molecular flexibility index (Phi) is 8.03. The van der Waals surface area contributed by atoms with Crippen molar-refractivity contribution in [2.45, 2.75) is 64.8 Å². The number of aromatic nitrogens is 1. The molecule has 0 radical (unpaired) electrons. The Hall–Kier alpha value is -1.96. The lowest BCUT2D eigenvalue weighted by atomic mass is 9.94.